The van der Waals surface area contributed by atoms with E-state index in [1.807, 2.05) is 6.92 Å². The molecule has 0 bridgehead atoms. The zero-order valence-corrected chi connectivity index (χ0v) is 8.60. The molecule has 0 saturated heterocycles. The number of ether oxygens (including phenoxy) is 1. The molecule has 0 aliphatic rings. The summed E-state index contributed by atoms with van der Waals surface area (Å²) < 4.78 is 5.30. The van der Waals surface area contributed by atoms with Gasteiger partial charge in [-0.05, 0) is 18.6 Å². The first kappa shape index (κ1) is 11.2. The van der Waals surface area contributed by atoms with Gasteiger partial charge in [0.25, 0.3) is 0 Å². The molecular weight excluding hydrogens is 194 g/mol. The third-order valence-electron chi connectivity index (χ3n) is 1.89. The molecule has 0 saturated carbocycles. The first-order chi connectivity index (χ1) is 7.20. The van der Waals surface area contributed by atoms with Crippen molar-refractivity contribution < 1.29 is 9.66 Å². The van der Waals surface area contributed by atoms with Crippen LogP contribution in [0.5, 0.6) is 5.75 Å². The quantitative estimate of drug-likeness (QED) is 0.550. The van der Waals surface area contributed by atoms with Crippen molar-refractivity contribution in [3.63, 3.8) is 0 Å². The number of para-hydroxylation sites is 1. The van der Waals surface area contributed by atoms with Gasteiger partial charge in [0.15, 0.2) is 5.75 Å². The average Bonchev–Trinajstić information content (AvgIpc) is 2.25. The number of hydrogen-bond acceptors (Lipinski definition) is 3. The molecular formula is C11H13NO3. The van der Waals surface area contributed by atoms with Gasteiger partial charge in [-0.3, -0.25) is 10.1 Å². The Bertz CT molecular complexity index is 374. The van der Waals surface area contributed by atoms with Crippen LogP contribution in [0.25, 0.3) is 6.08 Å². The molecule has 0 heterocycles. The summed E-state index contributed by atoms with van der Waals surface area (Å²) in [6.07, 6.45) is 2.27. The van der Waals surface area contributed by atoms with E-state index >= 15 is 0 Å². The molecule has 0 amide bonds. The second-order valence-corrected chi connectivity index (χ2v) is 3.00. The summed E-state index contributed by atoms with van der Waals surface area (Å²) in [7, 11) is 0. The van der Waals surface area contributed by atoms with Crippen LogP contribution in [0.3, 0.4) is 0 Å². The van der Waals surface area contributed by atoms with Crippen molar-refractivity contribution in [3.05, 3.63) is 40.5 Å². The molecule has 0 spiro atoms. The monoisotopic (exact) mass is 207 g/mol. The van der Waals surface area contributed by atoms with Gasteiger partial charge >= 0.3 is 5.69 Å². The maximum Gasteiger partial charge on any atom is 0.318 e. The van der Waals surface area contributed by atoms with Crippen molar-refractivity contribution in [2.45, 2.75) is 13.3 Å². The Kier molecular flexibility index (Phi) is 3.85. The van der Waals surface area contributed by atoms with E-state index in [2.05, 4.69) is 6.58 Å². The van der Waals surface area contributed by atoms with Crippen LogP contribution in [-0.4, -0.2) is 11.5 Å². The molecule has 0 fully saturated rings. The van der Waals surface area contributed by atoms with E-state index in [-0.39, 0.29) is 5.69 Å². The minimum Gasteiger partial charge on any atom is -0.487 e. The van der Waals surface area contributed by atoms with Crippen LogP contribution in [0.1, 0.15) is 18.9 Å². The van der Waals surface area contributed by atoms with Gasteiger partial charge in [-0.1, -0.05) is 25.6 Å². The summed E-state index contributed by atoms with van der Waals surface area (Å²) >= 11 is 0. The highest BCUT2D eigenvalue weighted by molar-refractivity contribution is 5.65. The Morgan fingerprint density at radius 1 is 1.60 bits per heavy atom. The molecule has 0 radical (unpaired) electrons. The van der Waals surface area contributed by atoms with Gasteiger partial charge < -0.3 is 4.74 Å². The Hall–Kier alpha value is -1.84. The average molecular weight is 207 g/mol. The fourth-order valence-corrected chi connectivity index (χ4v) is 1.23. The van der Waals surface area contributed by atoms with E-state index in [9.17, 15) is 10.1 Å². The minimum absolute atomic E-state index is 0.0130. The SMILES string of the molecule is C=Cc1cccc(OCCC)c1[N+](=O)[O-]. The molecule has 0 aliphatic carbocycles. The van der Waals surface area contributed by atoms with E-state index in [4.69, 9.17) is 4.74 Å². The van der Waals surface area contributed by atoms with E-state index < -0.39 is 4.92 Å². The highest BCUT2D eigenvalue weighted by Crippen LogP contribution is 2.31. The molecule has 0 N–H and O–H groups in total. The van der Waals surface area contributed by atoms with Gasteiger partial charge in [-0.15, -0.1) is 0 Å². The van der Waals surface area contributed by atoms with Crippen LogP contribution in [0.2, 0.25) is 0 Å². The lowest BCUT2D eigenvalue weighted by atomic mass is 10.1. The predicted octanol–water partition coefficient (Wildman–Crippen LogP) is 3.03. The van der Waals surface area contributed by atoms with Gasteiger partial charge in [0.05, 0.1) is 17.1 Å². The van der Waals surface area contributed by atoms with Crippen molar-refractivity contribution in [2.24, 2.45) is 0 Å². The number of nitro benzene ring substituents is 1. The van der Waals surface area contributed by atoms with Crippen LogP contribution >= 0.6 is 0 Å². The Labute approximate surface area is 88.3 Å². The molecule has 80 valence electrons. The number of benzene rings is 1. The summed E-state index contributed by atoms with van der Waals surface area (Å²) in [4.78, 5) is 10.4. The zero-order chi connectivity index (χ0) is 11.3. The second-order valence-electron chi connectivity index (χ2n) is 3.00. The smallest absolute Gasteiger partial charge is 0.318 e. The van der Waals surface area contributed by atoms with Gasteiger partial charge in [0.2, 0.25) is 0 Å². The summed E-state index contributed by atoms with van der Waals surface area (Å²) in [6.45, 7) is 5.96. The number of nitro groups is 1. The lowest BCUT2D eigenvalue weighted by Crippen LogP contribution is -2.00. The van der Waals surface area contributed by atoms with Crippen LogP contribution < -0.4 is 4.74 Å². The maximum atomic E-state index is 10.8. The first-order valence-electron chi connectivity index (χ1n) is 4.73. The second kappa shape index (κ2) is 5.14. The molecule has 1 aromatic rings. The normalized spacial score (nSPS) is 9.67. The number of rotatable bonds is 5. The maximum absolute atomic E-state index is 10.8. The topological polar surface area (TPSA) is 52.4 Å². The van der Waals surface area contributed by atoms with E-state index in [0.29, 0.717) is 17.9 Å². The van der Waals surface area contributed by atoms with Gasteiger partial charge in [-0.2, -0.15) is 0 Å². The highest BCUT2D eigenvalue weighted by atomic mass is 16.6. The molecule has 4 heteroatoms. The third kappa shape index (κ3) is 2.56. The van der Waals surface area contributed by atoms with Crippen molar-refractivity contribution in [3.8, 4) is 5.75 Å². The largest absolute Gasteiger partial charge is 0.487 e. The van der Waals surface area contributed by atoms with Crippen LogP contribution in [-0.2, 0) is 0 Å². The number of hydrogen-bond donors (Lipinski definition) is 0. The Morgan fingerprint density at radius 3 is 2.87 bits per heavy atom. The molecule has 1 rings (SSSR count). The molecule has 0 unspecified atom stereocenters. The molecule has 0 atom stereocenters. The molecule has 0 aromatic heterocycles. The summed E-state index contributed by atoms with van der Waals surface area (Å²) in [5, 5.41) is 10.8. The van der Waals surface area contributed by atoms with E-state index in [1.165, 1.54) is 6.08 Å². The number of nitrogens with zero attached hydrogens (tertiary/aromatic N) is 1. The summed E-state index contributed by atoms with van der Waals surface area (Å²) in [5.41, 5.74) is 0.467. The zero-order valence-electron chi connectivity index (χ0n) is 8.60. The molecule has 1 aromatic carbocycles. The predicted molar refractivity (Wildman–Crippen MR) is 59.0 cm³/mol. The minimum atomic E-state index is -0.442. The summed E-state index contributed by atoms with van der Waals surface area (Å²) in [5.74, 6) is 0.305. The molecule has 4 nitrogen and oxygen atoms in total. The van der Waals surface area contributed by atoms with Crippen molar-refractivity contribution in [2.75, 3.05) is 6.61 Å². The lowest BCUT2D eigenvalue weighted by molar-refractivity contribution is -0.386. The standard InChI is InChI=1S/C11H13NO3/c1-3-8-15-10-7-5-6-9(4-2)11(10)12(13)14/h4-7H,2-3,8H2,1H3. The highest BCUT2D eigenvalue weighted by Gasteiger charge is 2.18. The third-order valence-corrected chi connectivity index (χ3v) is 1.89. The summed E-state index contributed by atoms with van der Waals surface area (Å²) in [6, 6.07) is 4.96. The molecule has 0 aliphatic heterocycles. The van der Waals surface area contributed by atoms with Crippen LogP contribution in [0.15, 0.2) is 24.8 Å². The van der Waals surface area contributed by atoms with Crippen molar-refractivity contribution >= 4 is 11.8 Å². The van der Waals surface area contributed by atoms with E-state index in [1.54, 1.807) is 18.2 Å². The van der Waals surface area contributed by atoms with E-state index in [0.717, 1.165) is 6.42 Å². The first-order valence-corrected chi connectivity index (χ1v) is 4.73. The Morgan fingerprint density at radius 2 is 2.33 bits per heavy atom. The van der Waals surface area contributed by atoms with Gasteiger partial charge in [0.1, 0.15) is 0 Å². The molecule has 15 heavy (non-hydrogen) atoms. The lowest BCUT2D eigenvalue weighted by Gasteiger charge is -2.06. The fraction of sp³-hybridized carbons (Fsp3) is 0.273. The van der Waals surface area contributed by atoms with Crippen LogP contribution in [0.4, 0.5) is 5.69 Å². The van der Waals surface area contributed by atoms with Gasteiger partial charge in [0, 0.05) is 0 Å². The van der Waals surface area contributed by atoms with Gasteiger partial charge in [-0.25, -0.2) is 0 Å². The fourth-order valence-electron chi connectivity index (χ4n) is 1.23. The van der Waals surface area contributed by atoms with Crippen molar-refractivity contribution in [1.29, 1.82) is 0 Å². The van der Waals surface area contributed by atoms with Crippen molar-refractivity contribution in [1.82, 2.24) is 0 Å². The van der Waals surface area contributed by atoms with Crippen LogP contribution in [0, 0.1) is 10.1 Å². The Balaban J connectivity index is 3.13.